The molecule has 26 heavy (non-hydrogen) atoms. The number of hydrogen-bond donors (Lipinski definition) is 0. The first-order valence-corrected chi connectivity index (χ1v) is 8.02. The fourth-order valence-electron chi connectivity index (χ4n) is 2.03. The van der Waals surface area contributed by atoms with Gasteiger partial charge in [0.15, 0.2) is 5.02 Å². The Morgan fingerprint density at radius 2 is 1.46 bits per heavy atom. The van der Waals surface area contributed by atoms with Crippen molar-refractivity contribution >= 4 is 52.1 Å². The van der Waals surface area contributed by atoms with Gasteiger partial charge in [-0.25, -0.2) is 8.78 Å². The summed E-state index contributed by atoms with van der Waals surface area (Å²) in [6.07, 6.45) is 0. The van der Waals surface area contributed by atoms with Crippen molar-refractivity contribution in [1.82, 2.24) is 10.2 Å². The number of halogens is 6. The average Bonchev–Trinajstić information content (AvgIpc) is 3.03. The third-order valence-corrected chi connectivity index (χ3v) is 4.56. The zero-order chi connectivity index (χ0) is 19.2. The lowest BCUT2D eigenvalue weighted by Gasteiger charge is -2.04. The van der Waals surface area contributed by atoms with Crippen LogP contribution in [0.25, 0.3) is 22.9 Å². The van der Waals surface area contributed by atoms with Gasteiger partial charge in [0.1, 0.15) is 16.7 Å². The van der Waals surface area contributed by atoms with Gasteiger partial charge in [-0.1, -0.05) is 46.4 Å². The van der Waals surface area contributed by atoms with Crippen molar-refractivity contribution in [2.24, 2.45) is 0 Å². The second kappa shape index (κ2) is 6.96. The van der Waals surface area contributed by atoms with Gasteiger partial charge < -0.3 is 4.42 Å². The maximum absolute atomic E-state index is 13.9. The van der Waals surface area contributed by atoms with Crippen molar-refractivity contribution in [3.05, 3.63) is 60.0 Å². The summed E-state index contributed by atoms with van der Waals surface area (Å²) in [4.78, 5) is 10.1. The molecule has 0 aliphatic carbocycles. The van der Waals surface area contributed by atoms with Crippen LogP contribution in [0.15, 0.2) is 22.6 Å². The fourth-order valence-corrected chi connectivity index (χ4v) is 3.06. The summed E-state index contributed by atoms with van der Waals surface area (Å²) in [5.41, 5.74) is -1.09. The molecule has 0 unspecified atom stereocenters. The largest absolute Gasteiger partial charge is 0.416 e. The molecule has 3 aromatic rings. The minimum absolute atomic E-state index is 0.0194. The van der Waals surface area contributed by atoms with E-state index in [9.17, 15) is 18.9 Å². The minimum atomic E-state index is -1.10. The molecule has 3 rings (SSSR count). The van der Waals surface area contributed by atoms with Crippen LogP contribution in [0, 0.1) is 21.7 Å². The topological polar surface area (TPSA) is 82.1 Å². The number of rotatable bonds is 3. The van der Waals surface area contributed by atoms with E-state index in [1.807, 2.05) is 0 Å². The predicted octanol–water partition coefficient (Wildman–Crippen LogP) is 6.20. The Labute approximate surface area is 163 Å². The van der Waals surface area contributed by atoms with E-state index in [0.717, 1.165) is 18.2 Å². The monoisotopic (exact) mass is 439 g/mol. The van der Waals surface area contributed by atoms with Gasteiger partial charge in [0.25, 0.3) is 0 Å². The van der Waals surface area contributed by atoms with Crippen molar-refractivity contribution in [3.63, 3.8) is 0 Å². The average molecular weight is 441 g/mol. The number of benzene rings is 2. The molecule has 0 bridgehead atoms. The first kappa shape index (κ1) is 18.8. The van der Waals surface area contributed by atoms with Crippen molar-refractivity contribution < 1.29 is 18.1 Å². The van der Waals surface area contributed by atoms with Crippen LogP contribution in [0.4, 0.5) is 14.5 Å². The SMILES string of the molecule is O=[N+]([O-])c1c(Cl)c(F)cc(-c2nnc(-c3cc(F)c(Cl)cc3Cl)o2)c1Cl. The molecule has 1 heterocycles. The second-order valence-corrected chi connectivity index (χ2v) is 6.37. The molecule has 0 N–H and O–H groups in total. The van der Waals surface area contributed by atoms with Crippen molar-refractivity contribution in [2.75, 3.05) is 0 Å². The minimum Gasteiger partial charge on any atom is -0.416 e. The number of nitro benzene ring substituents is 1. The van der Waals surface area contributed by atoms with Crippen molar-refractivity contribution in [3.8, 4) is 22.9 Å². The Hall–Kier alpha value is -2.00. The summed E-state index contributed by atoms with van der Waals surface area (Å²) in [6, 6.07) is 2.91. The van der Waals surface area contributed by atoms with Crippen LogP contribution in [0.3, 0.4) is 0 Å². The van der Waals surface area contributed by atoms with Gasteiger partial charge in [-0.15, -0.1) is 10.2 Å². The Morgan fingerprint density at radius 3 is 2.08 bits per heavy atom. The summed E-state index contributed by atoms with van der Waals surface area (Å²) in [5.74, 6) is -2.46. The zero-order valence-electron chi connectivity index (χ0n) is 12.1. The van der Waals surface area contributed by atoms with Crippen molar-refractivity contribution in [1.29, 1.82) is 0 Å². The van der Waals surface area contributed by atoms with Gasteiger partial charge in [0, 0.05) is 0 Å². The lowest BCUT2D eigenvalue weighted by Crippen LogP contribution is -1.95. The number of aromatic nitrogens is 2. The van der Waals surface area contributed by atoms with Crippen LogP contribution in [0.2, 0.25) is 20.1 Å². The van der Waals surface area contributed by atoms with Crippen LogP contribution in [-0.4, -0.2) is 15.1 Å². The molecule has 0 amide bonds. The van der Waals surface area contributed by atoms with Gasteiger partial charge >= 0.3 is 5.69 Å². The molecule has 0 radical (unpaired) electrons. The number of nitrogens with zero attached hydrogens (tertiary/aromatic N) is 3. The predicted molar refractivity (Wildman–Crippen MR) is 91.8 cm³/mol. The van der Waals surface area contributed by atoms with Gasteiger partial charge in [-0.2, -0.15) is 0 Å². The van der Waals surface area contributed by atoms with Gasteiger partial charge in [0.2, 0.25) is 11.8 Å². The third kappa shape index (κ3) is 3.21. The Bertz CT molecular complexity index is 1060. The molecule has 1 aromatic heterocycles. The molecular formula is C14H3Cl4F2N3O3. The van der Waals surface area contributed by atoms with Gasteiger partial charge in [-0.05, 0) is 18.2 Å². The molecule has 0 saturated carbocycles. The van der Waals surface area contributed by atoms with E-state index in [1.165, 1.54) is 0 Å². The third-order valence-electron chi connectivity index (χ3n) is 3.21. The highest BCUT2D eigenvalue weighted by Gasteiger charge is 2.28. The summed E-state index contributed by atoms with van der Waals surface area (Å²) in [7, 11) is 0. The first-order valence-electron chi connectivity index (χ1n) is 6.51. The highest BCUT2D eigenvalue weighted by molar-refractivity contribution is 6.40. The zero-order valence-corrected chi connectivity index (χ0v) is 15.1. The molecule has 2 aromatic carbocycles. The van der Waals surface area contributed by atoms with Crippen LogP contribution >= 0.6 is 46.4 Å². The van der Waals surface area contributed by atoms with Crippen LogP contribution < -0.4 is 0 Å². The number of hydrogen-bond acceptors (Lipinski definition) is 5. The molecule has 0 aliphatic heterocycles. The molecule has 0 spiro atoms. The molecular weight excluding hydrogens is 438 g/mol. The maximum Gasteiger partial charge on any atom is 0.310 e. The van der Waals surface area contributed by atoms with E-state index >= 15 is 0 Å². The molecule has 0 aliphatic rings. The molecule has 0 atom stereocenters. The van der Waals surface area contributed by atoms with E-state index in [0.29, 0.717) is 0 Å². The lowest BCUT2D eigenvalue weighted by atomic mass is 10.2. The molecule has 0 fully saturated rings. The van der Waals surface area contributed by atoms with Crippen LogP contribution in [0.5, 0.6) is 0 Å². The van der Waals surface area contributed by atoms with E-state index in [2.05, 4.69) is 10.2 Å². The Balaban J connectivity index is 2.15. The summed E-state index contributed by atoms with van der Waals surface area (Å²) in [6.45, 7) is 0. The van der Waals surface area contributed by atoms with Crippen LogP contribution in [-0.2, 0) is 0 Å². The Kier molecular flexibility index (Phi) is 5.03. The van der Waals surface area contributed by atoms with E-state index in [-0.39, 0.29) is 33.0 Å². The van der Waals surface area contributed by atoms with Gasteiger partial charge in [0.05, 0.1) is 26.1 Å². The second-order valence-electron chi connectivity index (χ2n) is 4.80. The number of nitro groups is 1. The summed E-state index contributed by atoms with van der Waals surface area (Å²) in [5, 5.41) is 16.9. The first-order chi connectivity index (χ1) is 12.2. The van der Waals surface area contributed by atoms with E-state index in [4.69, 9.17) is 50.8 Å². The highest BCUT2D eigenvalue weighted by atomic mass is 35.5. The molecule has 12 heteroatoms. The normalized spacial score (nSPS) is 11.0. The summed E-state index contributed by atoms with van der Waals surface area (Å²) < 4.78 is 32.8. The standard InChI is InChI=1S/C14H3Cl4F2N3O3/c15-6-3-7(16)8(19)1-4(6)13-21-22-14(26-13)5-2-9(20)11(18)12(10(5)17)23(24)25/h1-3H. The fraction of sp³-hybridized carbons (Fsp3) is 0. The smallest absolute Gasteiger partial charge is 0.310 e. The van der Waals surface area contributed by atoms with Crippen molar-refractivity contribution in [2.45, 2.75) is 0 Å². The highest BCUT2D eigenvalue weighted by Crippen LogP contribution is 2.42. The van der Waals surface area contributed by atoms with E-state index < -0.39 is 32.3 Å². The molecule has 6 nitrogen and oxygen atoms in total. The quantitative estimate of drug-likeness (QED) is 0.275. The van der Waals surface area contributed by atoms with Crippen LogP contribution in [0.1, 0.15) is 0 Å². The van der Waals surface area contributed by atoms with Gasteiger partial charge in [-0.3, -0.25) is 10.1 Å². The molecule has 134 valence electrons. The van der Waals surface area contributed by atoms with E-state index in [1.54, 1.807) is 0 Å². The summed E-state index contributed by atoms with van der Waals surface area (Å²) >= 11 is 23.1. The molecule has 0 saturated heterocycles. The Morgan fingerprint density at radius 1 is 0.885 bits per heavy atom. The maximum atomic E-state index is 13.9. The lowest BCUT2D eigenvalue weighted by molar-refractivity contribution is -0.384.